The molecular weight excluding hydrogens is 266 g/mol. The van der Waals surface area contributed by atoms with Crippen LogP contribution in [0.5, 0.6) is 0 Å². The maximum absolute atomic E-state index is 12.4. The lowest BCUT2D eigenvalue weighted by atomic mass is 9.87. The van der Waals surface area contributed by atoms with Crippen LogP contribution in [0.4, 0.5) is 0 Å². The summed E-state index contributed by atoms with van der Waals surface area (Å²) >= 11 is 1.49. The highest BCUT2D eigenvalue weighted by Gasteiger charge is 2.14. The van der Waals surface area contributed by atoms with Gasteiger partial charge in [0.25, 0.3) is 5.56 Å². The minimum absolute atomic E-state index is 0.0640. The molecule has 0 atom stereocenters. The lowest BCUT2D eigenvalue weighted by molar-refractivity contribution is 0.590. The van der Waals surface area contributed by atoms with Gasteiger partial charge in [0.15, 0.2) is 0 Å². The number of aromatic nitrogens is 1. The fourth-order valence-electron chi connectivity index (χ4n) is 2.24. The van der Waals surface area contributed by atoms with Crippen molar-refractivity contribution in [2.45, 2.75) is 26.2 Å². The molecule has 0 unspecified atom stereocenters. The molecule has 1 aromatic heterocycles. The molecule has 0 fully saturated rings. The molecule has 0 bridgehead atoms. The van der Waals surface area contributed by atoms with E-state index in [-0.39, 0.29) is 11.0 Å². The van der Waals surface area contributed by atoms with Crippen molar-refractivity contribution in [1.82, 2.24) is 3.96 Å². The highest BCUT2D eigenvalue weighted by Crippen LogP contribution is 2.24. The van der Waals surface area contributed by atoms with Crippen molar-refractivity contribution in [3.8, 4) is 5.69 Å². The molecule has 0 aliphatic heterocycles. The number of hydrogen-bond acceptors (Lipinski definition) is 2. The second-order valence-corrected chi connectivity index (χ2v) is 6.97. The summed E-state index contributed by atoms with van der Waals surface area (Å²) in [6.07, 6.45) is 0. The third-order valence-electron chi connectivity index (χ3n) is 3.46. The van der Waals surface area contributed by atoms with E-state index in [1.165, 1.54) is 17.1 Å². The van der Waals surface area contributed by atoms with Gasteiger partial charge in [0.1, 0.15) is 0 Å². The normalized spacial score (nSPS) is 11.9. The summed E-state index contributed by atoms with van der Waals surface area (Å²) < 4.78 is 2.79. The van der Waals surface area contributed by atoms with Crippen LogP contribution in [0, 0.1) is 0 Å². The van der Waals surface area contributed by atoms with E-state index in [1.807, 2.05) is 36.4 Å². The van der Waals surface area contributed by atoms with Crippen LogP contribution < -0.4 is 5.56 Å². The summed E-state index contributed by atoms with van der Waals surface area (Å²) in [7, 11) is 0. The first-order chi connectivity index (χ1) is 9.47. The molecule has 3 rings (SSSR count). The Hall–Kier alpha value is -1.87. The molecule has 20 heavy (non-hydrogen) atoms. The van der Waals surface area contributed by atoms with E-state index in [2.05, 4.69) is 32.9 Å². The molecule has 2 nitrogen and oxygen atoms in total. The number of nitrogens with zero attached hydrogens (tertiary/aromatic N) is 1. The summed E-state index contributed by atoms with van der Waals surface area (Å²) in [6.45, 7) is 6.56. The third kappa shape index (κ3) is 2.18. The fourth-order valence-corrected chi connectivity index (χ4v) is 3.24. The summed E-state index contributed by atoms with van der Waals surface area (Å²) in [5, 5.41) is 0.789. The highest BCUT2D eigenvalue weighted by molar-refractivity contribution is 7.14. The zero-order valence-electron chi connectivity index (χ0n) is 11.9. The van der Waals surface area contributed by atoms with Crippen LogP contribution in [0.15, 0.2) is 53.3 Å². The largest absolute Gasteiger partial charge is 0.273 e. The first-order valence-corrected chi connectivity index (χ1v) is 7.46. The topological polar surface area (TPSA) is 22.0 Å². The summed E-state index contributed by atoms with van der Waals surface area (Å²) in [5.41, 5.74) is 2.40. The van der Waals surface area contributed by atoms with Gasteiger partial charge in [-0.15, -0.1) is 0 Å². The Morgan fingerprint density at radius 3 is 2.20 bits per heavy atom. The molecule has 0 saturated heterocycles. The molecule has 0 spiro atoms. The minimum atomic E-state index is 0.0640. The Balaban J connectivity index is 2.12. The lowest BCUT2D eigenvalue weighted by Crippen LogP contribution is -2.13. The number of benzene rings is 2. The van der Waals surface area contributed by atoms with Gasteiger partial charge in [-0.25, -0.2) is 3.96 Å². The number of fused-ring (bicyclic) bond motifs is 1. The van der Waals surface area contributed by atoms with E-state index in [1.54, 1.807) is 3.96 Å². The Morgan fingerprint density at radius 1 is 0.950 bits per heavy atom. The van der Waals surface area contributed by atoms with Crippen molar-refractivity contribution in [3.05, 3.63) is 64.4 Å². The maximum atomic E-state index is 12.4. The van der Waals surface area contributed by atoms with Crippen LogP contribution in [-0.4, -0.2) is 3.96 Å². The van der Waals surface area contributed by atoms with Crippen LogP contribution >= 0.6 is 11.5 Å². The predicted molar refractivity (Wildman–Crippen MR) is 86.1 cm³/mol. The van der Waals surface area contributed by atoms with E-state index in [0.29, 0.717) is 0 Å². The molecule has 0 aliphatic carbocycles. The highest BCUT2D eigenvalue weighted by atomic mass is 32.1. The van der Waals surface area contributed by atoms with E-state index < -0.39 is 0 Å². The molecule has 3 heteroatoms. The van der Waals surface area contributed by atoms with Gasteiger partial charge in [-0.1, -0.05) is 56.6 Å². The summed E-state index contributed by atoms with van der Waals surface area (Å²) in [5.74, 6) is 0. The smallest absolute Gasteiger partial charge is 0.267 e. The van der Waals surface area contributed by atoms with Crippen LogP contribution in [-0.2, 0) is 5.41 Å². The zero-order chi connectivity index (χ0) is 14.3. The SMILES string of the molecule is CC(C)(C)c1ccc(-n2sc3ccccc3c2=O)cc1. The van der Waals surface area contributed by atoms with Gasteiger partial charge >= 0.3 is 0 Å². The Kier molecular flexibility index (Phi) is 3.02. The molecule has 2 aromatic carbocycles. The molecular formula is C17H17NOS. The molecule has 0 saturated carbocycles. The average molecular weight is 283 g/mol. The van der Waals surface area contributed by atoms with Crippen LogP contribution in [0.25, 0.3) is 15.8 Å². The Bertz CT molecular complexity index is 803. The lowest BCUT2D eigenvalue weighted by Gasteiger charge is -2.19. The van der Waals surface area contributed by atoms with Crippen molar-refractivity contribution < 1.29 is 0 Å². The van der Waals surface area contributed by atoms with Gasteiger partial charge in [0.2, 0.25) is 0 Å². The van der Waals surface area contributed by atoms with Crippen molar-refractivity contribution in [3.63, 3.8) is 0 Å². The monoisotopic (exact) mass is 283 g/mol. The van der Waals surface area contributed by atoms with E-state index >= 15 is 0 Å². The van der Waals surface area contributed by atoms with Gasteiger partial charge in [0, 0.05) is 0 Å². The second-order valence-electron chi connectivity index (χ2n) is 5.98. The first kappa shape index (κ1) is 13.1. The third-order valence-corrected chi connectivity index (χ3v) is 4.57. The van der Waals surface area contributed by atoms with Crippen molar-refractivity contribution >= 4 is 21.6 Å². The van der Waals surface area contributed by atoms with Gasteiger partial charge in [0.05, 0.1) is 15.8 Å². The van der Waals surface area contributed by atoms with Gasteiger partial charge in [-0.2, -0.15) is 0 Å². The Morgan fingerprint density at radius 2 is 1.60 bits per heavy atom. The second kappa shape index (κ2) is 4.60. The molecule has 0 amide bonds. The fraction of sp³-hybridized carbons (Fsp3) is 0.235. The molecule has 1 heterocycles. The molecule has 0 radical (unpaired) electrons. The standard InChI is InChI=1S/C17H17NOS/c1-17(2,3)12-8-10-13(11-9-12)18-16(19)14-6-4-5-7-15(14)20-18/h4-11H,1-3H3. The zero-order valence-corrected chi connectivity index (χ0v) is 12.7. The van der Waals surface area contributed by atoms with Gasteiger partial charge < -0.3 is 0 Å². The van der Waals surface area contributed by atoms with Crippen molar-refractivity contribution in [1.29, 1.82) is 0 Å². The minimum Gasteiger partial charge on any atom is -0.267 e. The van der Waals surface area contributed by atoms with Crippen molar-refractivity contribution in [2.75, 3.05) is 0 Å². The maximum Gasteiger partial charge on any atom is 0.273 e. The molecule has 102 valence electrons. The molecule has 0 N–H and O–H groups in total. The first-order valence-electron chi connectivity index (χ1n) is 6.69. The van der Waals surface area contributed by atoms with E-state index in [9.17, 15) is 4.79 Å². The predicted octanol–water partition coefficient (Wildman–Crippen LogP) is 4.35. The van der Waals surface area contributed by atoms with Gasteiger partial charge in [-0.3, -0.25) is 4.79 Å². The number of hydrogen-bond donors (Lipinski definition) is 0. The van der Waals surface area contributed by atoms with E-state index in [4.69, 9.17) is 0 Å². The van der Waals surface area contributed by atoms with Gasteiger partial charge in [-0.05, 0) is 35.2 Å². The van der Waals surface area contributed by atoms with E-state index in [0.717, 1.165) is 15.8 Å². The molecule has 3 aromatic rings. The van der Waals surface area contributed by atoms with Crippen molar-refractivity contribution in [2.24, 2.45) is 0 Å². The number of rotatable bonds is 1. The average Bonchev–Trinajstić information content (AvgIpc) is 2.76. The summed E-state index contributed by atoms with van der Waals surface area (Å²) in [4.78, 5) is 12.4. The quantitative estimate of drug-likeness (QED) is 0.651. The van der Waals surface area contributed by atoms with Crippen LogP contribution in [0.2, 0.25) is 0 Å². The summed E-state index contributed by atoms with van der Waals surface area (Å²) in [6, 6.07) is 16.0. The Labute approximate surface area is 122 Å². The van der Waals surface area contributed by atoms with Crippen LogP contribution in [0.1, 0.15) is 26.3 Å². The molecule has 0 aliphatic rings. The van der Waals surface area contributed by atoms with Crippen LogP contribution in [0.3, 0.4) is 0 Å².